The highest BCUT2D eigenvalue weighted by molar-refractivity contribution is 5.72. The first-order valence-corrected chi connectivity index (χ1v) is 11.6. The average Bonchev–Trinajstić information content (AvgIpc) is 2.69. The molecule has 1 amide bonds. The van der Waals surface area contributed by atoms with E-state index in [4.69, 9.17) is 9.47 Å². The normalized spacial score (nSPS) is 17.0. The third-order valence-corrected chi connectivity index (χ3v) is 5.66. The molecule has 0 radical (unpaired) electrons. The van der Waals surface area contributed by atoms with Crippen LogP contribution >= 0.6 is 0 Å². The van der Waals surface area contributed by atoms with Gasteiger partial charge in [-0.2, -0.15) is 0 Å². The molecule has 0 aliphatic heterocycles. The summed E-state index contributed by atoms with van der Waals surface area (Å²) in [5.41, 5.74) is -0.181. The lowest BCUT2D eigenvalue weighted by Gasteiger charge is -2.40. The fraction of sp³-hybridized carbons (Fsp3) is 0.680. The molecule has 0 heterocycles. The van der Waals surface area contributed by atoms with Gasteiger partial charge in [-0.3, -0.25) is 4.79 Å². The van der Waals surface area contributed by atoms with Crippen molar-refractivity contribution in [3.05, 3.63) is 29.8 Å². The van der Waals surface area contributed by atoms with E-state index in [2.05, 4.69) is 10.2 Å². The van der Waals surface area contributed by atoms with Gasteiger partial charge in [0.2, 0.25) is 0 Å². The molecule has 1 aliphatic carbocycles. The first-order valence-electron chi connectivity index (χ1n) is 11.6. The highest BCUT2D eigenvalue weighted by Crippen LogP contribution is 2.40. The van der Waals surface area contributed by atoms with Crippen LogP contribution in [0.3, 0.4) is 0 Å². The molecule has 1 fully saturated rings. The van der Waals surface area contributed by atoms with Crippen molar-refractivity contribution in [3.8, 4) is 5.75 Å². The van der Waals surface area contributed by atoms with E-state index in [1.54, 1.807) is 32.9 Å². The number of hydrogen-bond donors (Lipinski definition) is 2. The van der Waals surface area contributed by atoms with E-state index in [9.17, 15) is 14.7 Å². The number of esters is 1. The summed E-state index contributed by atoms with van der Waals surface area (Å²) in [5, 5.41) is 14.0. The quantitative estimate of drug-likeness (QED) is 0.334. The summed E-state index contributed by atoms with van der Waals surface area (Å²) in [5.74, 6) is 0.152. The SMILES string of the molecule is CN(C)CC(c1ccc(OC(=O)CCCNC(=O)OC(C)(C)C)cc1)C1(O)CCCCC1. The molecule has 7 nitrogen and oxygen atoms in total. The molecule has 1 unspecified atom stereocenters. The van der Waals surface area contributed by atoms with Crippen LogP contribution in [0.25, 0.3) is 0 Å². The largest absolute Gasteiger partial charge is 0.444 e. The summed E-state index contributed by atoms with van der Waals surface area (Å²) in [6.45, 7) is 6.50. The molecule has 2 rings (SSSR count). The van der Waals surface area contributed by atoms with E-state index in [1.165, 1.54) is 6.42 Å². The van der Waals surface area contributed by atoms with Gasteiger partial charge in [0.05, 0.1) is 5.60 Å². The molecule has 1 aliphatic rings. The molecule has 1 aromatic rings. The second kappa shape index (κ2) is 11.7. The van der Waals surface area contributed by atoms with Crippen LogP contribution in [0.4, 0.5) is 4.79 Å². The molecular weight excluding hydrogens is 408 g/mol. The number of nitrogens with zero attached hydrogens (tertiary/aromatic N) is 1. The number of likely N-dealkylation sites (N-methyl/N-ethyl adjacent to an activating group) is 1. The van der Waals surface area contributed by atoms with Gasteiger partial charge >= 0.3 is 12.1 Å². The number of ether oxygens (including phenoxy) is 2. The van der Waals surface area contributed by atoms with Crippen molar-refractivity contribution in [1.29, 1.82) is 0 Å². The molecule has 7 heteroatoms. The van der Waals surface area contributed by atoms with Gasteiger partial charge in [0.25, 0.3) is 0 Å². The van der Waals surface area contributed by atoms with E-state index in [0.29, 0.717) is 18.7 Å². The molecule has 1 aromatic carbocycles. The fourth-order valence-electron chi connectivity index (χ4n) is 4.15. The molecule has 0 bridgehead atoms. The van der Waals surface area contributed by atoms with Crippen LogP contribution in [0, 0.1) is 0 Å². The summed E-state index contributed by atoms with van der Waals surface area (Å²) >= 11 is 0. The summed E-state index contributed by atoms with van der Waals surface area (Å²) < 4.78 is 10.6. The Morgan fingerprint density at radius 1 is 1.12 bits per heavy atom. The third kappa shape index (κ3) is 8.79. The van der Waals surface area contributed by atoms with Crippen molar-refractivity contribution >= 4 is 12.1 Å². The molecule has 0 saturated heterocycles. The number of rotatable bonds is 9. The minimum Gasteiger partial charge on any atom is -0.444 e. The maximum Gasteiger partial charge on any atom is 0.407 e. The van der Waals surface area contributed by atoms with Crippen LogP contribution in [0.1, 0.15) is 77.2 Å². The monoisotopic (exact) mass is 448 g/mol. The van der Waals surface area contributed by atoms with E-state index in [0.717, 1.165) is 37.8 Å². The van der Waals surface area contributed by atoms with Crippen LogP contribution in [0.2, 0.25) is 0 Å². The van der Waals surface area contributed by atoms with Crippen LogP contribution in [-0.2, 0) is 9.53 Å². The van der Waals surface area contributed by atoms with Crippen LogP contribution in [0.15, 0.2) is 24.3 Å². The highest BCUT2D eigenvalue weighted by Gasteiger charge is 2.38. The Hall–Kier alpha value is -2.12. The zero-order valence-electron chi connectivity index (χ0n) is 20.3. The second-order valence-corrected chi connectivity index (χ2v) is 10.1. The van der Waals surface area contributed by atoms with Gasteiger partial charge in [-0.25, -0.2) is 4.79 Å². The molecule has 32 heavy (non-hydrogen) atoms. The Bertz CT molecular complexity index is 734. The summed E-state index contributed by atoms with van der Waals surface area (Å²) in [7, 11) is 4.04. The Kier molecular flexibility index (Phi) is 9.52. The van der Waals surface area contributed by atoms with Crippen molar-refractivity contribution in [2.75, 3.05) is 27.2 Å². The Balaban J connectivity index is 1.86. The number of alkyl carbamates (subject to hydrolysis) is 1. The summed E-state index contributed by atoms with van der Waals surface area (Å²) in [6, 6.07) is 7.49. The van der Waals surface area contributed by atoms with Crippen LogP contribution < -0.4 is 10.1 Å². The first kappa shape index (κ1) is 26.1. The van der Waals surface area contributed by atoms with E-state index < -0.39 is 17.3 Å². The second-order valence-electron chi connectivity index (χ2n) is 10.1. The fourth-order valence-corrected chi connectivity index (χ4v) is 4.15. The number of hydrogen-bond acceptors (Lipinski definition) is 6. The van der Waals surface area contributed by atoms with Crippen molar-refractivity contribution in [3.63, 3.8) is 0 Å². The number of carbonyl (C=O) groups is 2. The Morgan fingerprint density at radius 3 is 2.31 bits per heavy atom. The number of aliphatic hydroxyl groups is 1. The predicted molar refractivity (Wildman–Crippen MR) is 125 cm³/mol. The number of amides is 1. The Morgan fingerprint density at radius 2 is 1.75 bits per heavy atom. The molecule has 1 saturated carbocycles. The van der Waals surface area contributed by atoms with Gasteiger partial charge in [-0.1, -0.05) is 31.4 Å². The summed E-state index contributed by atoms with van der Waals surface area (Å²) in [4.78, 5) is 25.9. The predicted octanol–water partition coefficient (Wildman–Crippen LogP) is 4.24. The molecule has 2 N–H and O–H groups in total. The minimum atomic E-state index is -0.693. The maximum atomic E-state index is 12.1. The first-order chi connectivity index (χ1) is 15.0. The smallest absolute Gasteiger partial charge is 0.407 e. The number of carbonyl (C=O) groups excluding carboxylic acids is 2. The zero-order valence-corrected chi connectivity index (χ0v) is 20.3. The van der Waals surface area contributed by atoms with Crippen molar-refractivity contribution < 1.29 is 24.2 Å². The Labute approximate surface area is 192 Å². The summed E-state index contributed by atoms with van der Waals surface area (Å²) in [6.07, 6.45) is 5.10. The standard InChI is InChI=1S/C25H40N2O5/c1-24(2,3)32-23(29)26-17-9-10-22(28)31-20-13-11-19(12-14-20)21(18-27(4)5)25(30)15-7-6-8-16-25/h11-14,21,30H,6-10,15-18H2,1-5H3,(H,26,29). The molecule has 0 spiro atoms. The van der Waals surface area contributed by atoms with E-state index in [-0.39, 0.29) is 18.3 Å². The lowest BCUT2D eigenvalue weighted by molar-refractivity contribution is -0.134. The third-order valence-electron chi connectivity index (χ3n) is 5.66. The zero-order chi connectivity index (χ0) is 23.8. The van der Waals surface area contributed by atoms with Crippen LogP contribution in [0.5, 0.6) is 5.75 Å². The number of benzene rings is 1. The van der Waals surface area contributed by atoms with E-state index >= 15 is 0 Å². The minimum absolute atomic E-state index is 0.0153. The van der Waals surface area contributed by atoms with Crippen molar-refractivity contribution in [2.45, 2.75) is 82.8 Å². The highest BCUT2D eigenvalue weighted by atomic mass is 16.6. The van der Waals surface area contributed by atoms with Gasteiger partial charge in [-0.15, -0.1) is 0 Å². The van der Waals surface area contributed by atoms with E-state index in [1.807, 2.05) is 26.2 Å². The molecule has 1 atom stereocenters. The lowest BCUT2D eigenvalue weighted by Crippen LogP contribution is -2.42. The molecular formula is C25H40N2O5. The average molecular weight is 449 g/mol. The van der Waals surface area contributed by atoms with Gasteiger partial charge < -0.3 is 24.8 Å². The van der Waals surface area contributed by atoms with Crippen molar-refractivity contribution in [1.82, 2.24) is 10.2 Å². The van der Waals surface area contributed by atoms with Gasteiger partial charge in [0.1, 0.15) is 11.4 Å². The maximum absolute atomic E-state index is 12.1. The van der Waals surface area contributed by atoms with Crippen molar-refractivity contribution in [2.24, 2.45) is 0 Å². The van der Waals surface area contributed by atoms with Gasteiger partial charge in [-0.05, 0) is 71.8 Å². The van der Waals surface area contributed by atoms with Gasteiger partial charge in [0.15, 0.2) is 0 Å². The molecule has 0 aromatic heterocycles. The molecule has 180 valence electrons. The topological polar surface area (TPSA) is 88.1 Å². The van der Waals surface area contributed by atoms with Gasteiger partial charge in [0, 0.05) is 25.4 Å². The lowest BCUT2D eigenvalue weighted by atomic mass is 9.72. The van der Waals surface area contributed by atoms with Crippen LogP contribution in [-0.4, -0.2) is 60.5 Å². The number of nitrogens with one attached hydrogen (secondary N) is 1.